The number of methoxy groups -OCH3 is 1. The molecule has 0 aromatic rings. The highest BCUT2D eigenvalue weighted by Crippen LogP contribution is 2.22. The summed E-state index contributed by atoms with van der Waals surface area (Å²) in [5, 5.41) is 0. The molecule has 1 aliphatic rings. The normalized spacial score (nSPS) is 23.9. The molecule has 2 N–H and O–H groups in total. The van der Waals surface area contributed by atoms with Crippen LogP contribution in [0.1, 0.15) is 19.8 Å². The predicted octanol–water partition coefficient (Wildman–Crippen LogP) is 0.235. The summed E-state index contributed by atoms with van der Waals surface area (Å²) in [6.07, 6.45) is 1.69. The van der Waals surface area contributed by atoms with Crippen LogP contribution in [0.25, 0.3) is 0 Å². The molecule has 5 heteroatoms. The van der Waals surface area contributed by atoms with E-state index in [0.717, 1.165) is 12.8 Å². The lowest BCUT2D eigenvalue weighted by molar-refractivity contribution is -0.137. The third kappa shape index (κ3) is 4.26. The zero-order chi connectivity index (χ0) is 12.7. The Morgan fingerprint density at radius 1 is 1.53 bits per heavy atom. The molecule has 0 aromatic heterocycles. The lowest BCUT2D eigenvalue weighted by Gasteiger charge is -2.26. The highest BCUT2D eigenvalue weighted by Gasteiger charge is 2.33. The van der Waals surface area contributed by atoms with Crippen molar-refractivity contribution in [2.24, 2.45) is 11.7 Å². The molecule has 1 amide bonds. The maximum absolute atomic E-state index is 12.3. The molecular formula is C12H24N2O3. The van der Waals surface area contributed by atoms with Crippen LogP contribution in [0.3, 0.4) is 0 Å². The van der Waals surface area contributed by atoms with Gasteiger partial charge in [0.15, 0.2) is 0 Å². The first kappa shape index (κ1) is 14.4. The summed E-state index contributed by atoms with van der Waals surface area (Å²) in [5.41, 5.74) is 5.49. The van der Waals surface area contributed by atoms with E-state index in [-0.39, 0.29) is 17.9 Å². The number of nitrogens with two attached hydrogens (primary N) is 1. The van der Waals surface area contributed by atoms with E-state index in [9.17, 15) is 4.79 Å². The number of ether oxygens (including phenoxy) is 2. The second kappa shape index (κ2) is 7.63. The Bertz CT molecular complexity index is 228. The van der Waals surface area contributed by atoms with E-state index in [2.05, 4.69) is 0 Å². The second-order valence-corrected chi connectivity index (χ2v) is 4.43. The Morgan fingerprint density at radius 3 is 2.82 bits per heavy atom. The molecule has 100 valence electrons. The highest BCUT2D eigenvalue weighted by atomic mass is 16.5. The number of rotatable bonds is 7. The van der Waals surface area contributed by atoms with Crippen molar-refractivity contribution in [3.63, 3.8) is 0 Å². The molecule has 1 heterocycles. The van der Waals surface area contributed by atoms with Gasteiger partial charge in [-0.1, -0.05) is 0 Å². The van der Waals surface area contributed by atoms with Gasteiger partial charge in [-0.15, -0.1) is 0 Å². The van der Waals surface area contributed by atoms with Crippen LogP contribution in [0.2, 0.25) is 0 Å². The summed E-state index contributed by atoms with van der Waals surface area (Å²) in [4.78, 5) is 14.2. The van der Waals surface area contributed by atoms with Gasteiger partial charge in [0, 0.05) is 26.8 Å². The molecule has 0 spiro atoms. The third-order valence-electron chi connectivity index (χ3n) is 3.20. The molecule has 1 rings (SSSR count). The maximum atomic E-state index is 12.3. The first-order chi connectivity index (χ1) is 8.20. The summed E-state index contributed by atoms with van der Waals surface area (Å²) in [6.45, 7) is 5.17. The van der Waals surface area contributed by atoms with Crippen LogP contribution in [0, 0.1) is 5.92 Å². The fourth-order valence-corrected chi connectivity index (χ4v) is 2.11. The number of carbonyl (C=O) groups is 1. The standard InChI is InChI=1S/C12H24N2O3/c1-10-11(4-8-17-10)12(15)14(6-3-5-13)7-9-16-2/h10-11H,3-9,13H2,1-2H3. The van der Waals surface area contributed by atoms with E-state index in [1.807, 2.05) is 11.8 Å². The first-order valence-corrected chi connectivity index (χ1v) is 6.30. The Labute approximate surface area is 103 Å². The first-order valence-electron chi connectivity index (χ1n) is 6.30. The quantitative estimate of drug-likeness (QED) is 0.696. The van der Waals surface area contributed by atoms with Crippen LogP contribution in [0.4, 0.5) is 0 Å². The smallest absolute Gasteiger partial charge is 0.228 e. The van der Waals surface area contributed by atoms with Gasteiger partial charge in [0.05, 0.1) is 18.6 Å². The van der Waals surface area contributed by atoms with Gasteiger partial charge in [-0.05, 0) is 26.3 Å². The van der Waals surface area contributed by atoms with Crippen LogP contribution < -0.4 is 5.73 Å². The van der Waals surface area contributed by atoms with Gasteiger partial charge in [0.1, 0.15) is 0 Å². The van der Waals surface area contributed by atoms with Crippen molar-refractivity contribution in [2.75, 3.05) is 40.0 Å². The molecule has 0 aromatic carbocycles. The minimum atomic E-state index is 0.00429. The van der Waals surface area contributed by atoms with Gasteiger partial charge in [0.2, 0.25) is 5.91 Å². The van der Waals surface area contributed by atoms with Crippen molar-refractivity contribution in [1.82, 2.24) is 4.90 Å². The molecular weight excluding hydrogens is 220 g/mol. The third-order valence-corrected chi connectivity index (χ3v) is 3.20. The van der Waals surface area contributed by atoms with E-state index in [1.54, 1.807) is 7.11 Å². The van der Waals surface area contributed by atoms with Crippen LogP contribution in [0.5, 0.6) is 0 Å². The molecule has 2 atom stereocenters. The Morgan fingerprint density at radius 2 is 2.29 bits per heavy atom. The average molecular weight is 244 g/mol. The molecule has 17 heavy (non-hydrogen) atoms. The molecule has 5 nitrogen and oxygen atoms in total. The van der Waals surface area contributed by atoms with Gasteiger partial charge in [-0.25, -0.2) is 0 Å². The second-order valence-electron chi connectivity index (χ2n) is 4.43. The average Bonchev–Trinajstić information content (AvgIpc) is 2.75. The highest BCUT2D eigenvalue weighted by molar-refractivity contribution is 5.79. The molecule has 0 bridgehead atoms. The van der Waals surface area contributed by atoms with Gasteiger partial charge in [-0.2, -0.15) is 0 Å². The van der Waals surface area contributed by atoms with Crippen molar-refractivity contribution in [1.29, 1.82) is 0 Å². The van der Waals surface area contributed by atoms with E-state index < -0.39 is 0 Å². The lowest BCUT2D eigenvalue weighted by Crippen LogP contribution is -2.41. The molecule has 2 unspecified atom stereocenters. The van der Waals surface area contributed by atoms with Crippen molar-refractivity contribution in [3.05, 3.63) is 0 Å². The van der Waals surface area contributed by atoms with Gasteiger partial charge >= 0.3 is 0 Å². The topological polar surface area (TPSA) is 64.8 Å². The summed E-state index contributed by atoms with van der Waals surface area (Å²) < 4.78 is 10.5. The van der Waals surface area contributed by atoms with Crippen LogP contribution >= 0.6 is 0 Å². The van der Waals surface area contributed by atoms with E-state index in [1.165, 1.54) is 0 Å². The van der Waals surface area contributed by atoms with Gasteiger partial charge < -0.3 is 20.1 Å². The molecule has 0 saturated carbocycles. The minimum Gasteiger partial charge on any atom is -0.383 e. The zero-order valence-corrected chi connectivity index (χ0v) is 10.9. The molecule has 1 saturated heterocycles. The molecule has 0 radical (unpaired) electrons. The van der Waals surface area contributed by atoms with Gasteiger partial charge in [-0.3, -0.25) is 4.79 Å². The number of carbonyl (C=O) groups excluding carboxylic acids is 1. The van der Waals surface area contributed by atoms with Gasteiger partial charge in [0.25, 0.3) is 0 Å². The number of hydrogen-bond acceptors (Lipinski definition) is 4. The summed E-state index contributed by atoms with van der Waals surface area (Å²) >= 11 is 0. The van der Waals surface area contributed by atoms with Crippen LogP contribution in [-0.4, -0.2) is 56.9 Å². The summed E-state index contributed by atoms with van der Waals surface area (Å²) in [5.74, 6) is 0.185. The minimum absolute atomic E-state index is 0.00429. The van der Waals surface area contributed by atoms with Crippen LogP contribution in [-0.2, 0) is 14.3 Å². The molecule has 1 aliphatic heterocycles. The monoisotopic (exact) mass is 244 g/mol. The Hall–Kier alpha value is -0.650. The van der Waals surface area contributed by atoms with Crippen molar-refractivity contribution >= 4 is 5.91 Å². The zero-order valence-electron chi connectivity index (χ0n) is 10.9. The Kier molecular flexibility index (Phi) is 6.47. The van der Waals surface area contributed by atoms with E-state index in [4.69, 9.17) is 15.2 Å². The van der Waals surface area contributed by atoms with Crippen molar-refractivity contribution in [3.8, 4) is 0 Å². The number of nitrogens with zero attached hydrogens (tertiary/aromatic N) is 1. The lowest BCUT2D eigenvalue weighted by atomic mass is 10.0. The number of hydrogen-bond donors (Lipinski definition) is 1. The van der Waals surface area contributed by atoms with Crippen molar-refractivity contribution in [2.45, 2.75) is 25.9 Å². The maximum Gasteiger partial charge on any atom is 0.228 e. The Balaban J connectivity index is 2.51. The van der Waals surface area contributed by atoms with E-state index in [0.29, 0.717) is 32.8 Å². The fourth-order valence-electron chi connectivity index (χ4n) is 2.11. The SMILES string of the molecule is COCCN(CCCN)C(=O)C1CCOC1C. The fraction of sp³-hybridized carbons (Fsp3) is 0.917. The van der Waals surface area contributed by atoms with Crippen LogP contribution in [0.15, 0.2) is 0 Å². The summed E-state index contributed by atoms with van der Waals surface area (Å²) in [6, 6.07) is 0. The van der Waals surface area contributed by atoms with Crippen molar-refractivity contribution < 1.29 is 14.3 Å². The molecule has 1 fully saturated rings. The predicted molar refractivity (Wildman–Crippen MR) is 65.6 cm³/mol. The molecule has 0 aliphatic carbocycles. The van der Waals surface area contributed by atoms with E-state index >= 15 is 0 Å². The summed E-state index contributed by atoms with van der Waals surface area (Å²) in [7, 11) is 1.65. The number of amides is 1. The largest absolute Gasteiger partial charge is 0.383 e.